The van der Waals surface area contributed by atoms with E-state index in [2.05, 4.69) is 20.3 Å². The molecule has 0 atom stereocenters. The number of ether oxygens (including phenoxy) is 1. The molecule has 3 aromatic heterocycles. The number of nitrogens with one attached hydrogen (secondary N) is 1. The average Bonchev–Trinajstić information content (AvgIpc) is 3.40. The van der Waals surface area contributed by atoms with Crippen LogP contribution in [0.1, 0.15) is 32.0 Å². The summed E-state index contributed by atoms with van der Waals surface area (Å²) in [6, 6.07) is 7.51. The monoisotopic (exact) mass is 477 g/mol. The van der Waals surface area contributed by atoms with E-state index in [1.807, 2.05) is 58.2 Å². The van der Waals surface area contributed by atoms with Gasteiger partial charge in [-0.05, 0) is 58.4 Å². The van der Waals surface area contributed by atoms with Gasteiger partial charge in [-0.15, -0.1) is 0 Å². The van der Waals surface area contributed by atoms with E-state index in [0.29, 0.717) is 44.2 Å². The van der Waals surface area contributed by atoms with Gasteiger partial charge in [0.2, 0.25) is 0 Å². The zero-order valence-corrected chi connectivity index (χ0v) is 20.6. The molecule has 184 valence electrons. The van der Waals surface area contributed by atoms with E-state index >= 15 is 0 Å². The van der Waals surface area contributed by atoms with Gasteiger partial charge in [-0.25, -0.2) is 19.1 Å². The lowest BCUT2D eigenvalue weighted by Gasteiger charge is -2.37. The second-order valence-corrected chi connectivity index (χ2v) is 9.99. The van der Waals surface area contributed by atoms with E-state index in [4.69, 9.17) is 4.74 Å². The molecule has 35 heavy (non-hydrogen) atoms. The minimum Gasteiger partial charge on any atom is -0.444 e. The molecule has 0 bridgehead atoms. The van der Waals surface area contributed by atoms with Gasteiger partial charge in [0, 0.05) is 62.1 Å². The highest BCUT2D eigenvalue weighted by Crippen LogP contribution is 2.34. The number of carbonyl (C=O) groups excluding carboxylic acids is 2. The predicted molar refractivity (Wildman–Crippen MR) is 134 cm³/mol. The van der Waals surface area contributed by atoms with Crippen LogP contribution in [0.5, 0.6) is 0 Å². The maximum absolute atomic E-state index is 13.1. The first-order valence-corrected chi connectivity index (χ1v) is 11.9. The predicted octanol–water partition coefficient (Wildman–Crippen LogP) is 3.69. The lowest BCUT2D eigenvalue weighted by atomic mass is 10.1. The van der Waals surface area contributed by atoms with Crippen molar-refractivity contribution in [3.05, 3.63) is 47.9 Å². The molecule has 3 amide bonds. The number of amides is 3. The minimum atomic E-state index is -0.506. The van der Waals surface area contributed by atoms with Crippen molar-refractivity contribution in [1.82, 2.24) is 19.5 Å². The Morgan fingerprint density at radius 3 is 2.57 bits per heavy atom. The first-order valence-electron chi connectivity index (χ1n) is 11.9. The van der Waals surface area contributed by atoms with E-state index < -0.39 is 5.60 Å². The van der Waals surface area contributed by atoms with Crippen LogP contribution in [0, 0.1) is 6.92 Å². The largest absolute Gasteiger partial charge is 0.444 e. The van der Waals surface area contributed by atoms with Crippen LogP contribution in [0.15, 0.2) is 36.7 Å². The quantitative estimate of drug-likeness (QED) is 0.605. The number of fused-ring (bicyclic) bond motifs is 2. The second kappa shape index (κ2) is 8.75. The smallest absolute Gasteiger partial charge is 0.410 e. The van der Waals surface area contributed by atoms with Crippen LogP contribution in [-0.4, -0.2) is 69.9 Å². The SMILES string of the molecule is Cc1cc2cc(NC(=O)N3CCc4c(N5CCN(C(=O)OC(C)(C)C)CC5)ccnc43)ccn2n1. The molecule has 1 fully saturated rings. The summed E-state index contributed by atoms with van der Waals surface area (Å²) in [6.45, 7) is 10.7. The molecule has 5 heterocycles. The average molecular weight is 478 g/mol. The minimum absolute atomic E-state index is 0.205. The lowest BCUT2D eigenvalue weighted by molar-refractivity contribution is 0.0240. The maximum Gasteiger partial charge on any atom is 0.410 e. The number of aryl methyl sites for hydroxylation is 1. The molecule has 0 spiro atoms. The van der Waals surface area contributed by atoms with Crippen molar-refractivity contribution >= 4 is 34.8 Å². The molecular formula is C25H31N7O3. The molecule has 10 heteroatoms. The van der Waals surface area contributed by atoms with Crippen LogP contribution in [0.25, 0.3) is 5.52 Å². The molecule has 0 aliphatic carbocycles. The molecule has 2 aliphatic rings. The molecule has 0 unspecified atom stereocenters. The van der Waals surface area contributed by atoms with Gasteiger partial charge in [-0.2, -0.15) is 5.10 Å². The zero-order chi connectivity index (χ0) is 24.7. The van der Waals surface area contributed by atoms with Gasteiger partial charge in [0.15, 0.2) is 0 Å². The van der Waals surface area contributed by atoms with Crippen LogP contribution >= 0.6 is 0 Å². The Balaban J connectivity index is 1.27. The van der Waals surface area contributed by atoms with Gasteiger partial charge in [0.1, 0.15) is 11.4 Å². The Labute approximate surface area is 204 Å². The van der Waals surface area contributed by atoms with Gasteiger partial charge in [0.05, 0.1) is 11.2 Å². The summed E-state index contributed by atoms with van der Waals surface area (Å²) < 4.78 is 7.29. The Morgan fingerprint density at radius 2 is 1.83 bits per heavy atom. The standard InChI is InChI=1S/C25H31N7O3/c1-17-15-19-16-18(6-10-32(19)28-17)27-23(33)31-9-7-20-21(5-8-26-22(20)31)29-11-13-30(14-12-29)24(34)35-25(2,3)4/h5-6,8,10,15-16H,7,9,11-14H2,1-4H3,(H,27,33). The Bertz CT molecular complexity index is 1270. The molecule has 0 saturated carbocycles. The normalized spacial score (nSPS) is 15.9. The molecule has 1 saturated heterocycles. The molecular weight excluding hydrogens is 446 g/mol. The summed E-state index contributed by atoms with van der Waals surface area (Å²) in [6.07, 6.45) is 4.05. The molecule has 0 radical (unpaired) electrons. The molecule has 10 nitrogen and oxygen atoms in total. The number of nitrogens with zero attached hydrogens (tertiary/aromatic N) is 6. The van der Waals surface area contributed by atoms with Crippen LogP contribution in [0.4, 0.5) is 26.8 Å². The number of rotatable bonds is 2. The number of hydrogen-bond donors (Lipinski definition) is 1. The zero-order valence-electron chi connectivity index (χ0n) is 20.6. The van der Waals surface area contributed by atoms with Gasteiger partial charge >= 0.3 is 12.1 Å². The number of anilines is 3. The molecule has 5 rings (SSSR count). The number of urea groups is 1. The summed E-state index contributed by atoms with van der Waals surface area (Å²) in [5.74, 6) is 0.691. The van der Waals surface area contributed by atoms with Crippen molar-refractivity contribution < 1.29 is 14.3 Å². The Hall–Kier alpha value is -3.82. The maximum atomic E-state index is 13.1. The van der Waals surface area contributed by atoms with Crippen LogP contribution in [-0.2, 0) is 11.2 Å². The fraction of sp³-hybridized carbons (Fsp3) is 0.440. The number of hydrogen-bond acceptors (Lipinski definition) is 6. The first kappa shape index (κ1) is 22.9. The second-order valence-electron chi connectivity index (χ2n) is 9.99. The fourth-order valence-electron chi connectivity index (χ4n) is 4.61. The highest BCUT2D eigenvalue weighted by atomic mass is 16.6. The Kier molecular flexibility index (Phi) is 5.74. The third kappa shape index (κ3) is 4.73. The van der Waals surface area contributed by atoms with Gasteiger partial charge in [0.25, 0.3) is 0 Å². The topological polar surface area (TPSA) is 95.3 Å². The Morgan fingerprint density at radius 1 is 1.06 bits per heavy atom. The van der Waals surface area contributed by atoms with Crippen molar-refractivity contribution in [3.8, 4) is 0 Å². The van der Waals surface area contributed by atoms with Gasteiger partial charge < -0.3 is 19.9 Å². The summed E-state index contributed by atoms with van der Waals surface area (Å²) >= 11 is 0. The van der Waals surface area contributed by atoms with Gasteiger partial charge in [-0.3, -0.25) is 4.90 Å². The lowest BCUT2D eigenvalue weighted by Crippen LogP contribution is -2.50. The number of pyridine rings is 2. The summed E-state index contributed by atoms with van der Waals surface area (Å²) in [5, 5.41) is 7.37. The third-order valence-corrected chi connectivity index (χ3v) is 6.20. The number of aromatic nitrogens is 3. The summed E-state index contributed by atoms with van der Waals surface area (Å²) in [7, 11) is 0. The highest BCUT2D eigenvalue weighted by Gasteiger charge is 2.32. The molecule has 3 aromatic rings. The van der Waals surface area contributed by atoms with E-state index in [0.717, 1.165) is 28.9 Å². The molecule has 0 aromatic carbocycles. The van der Waals surface area contributed by atoms with Crippen molar-refractivity contribution in [1.29, 1.82) is 0 Å². The van der Waals surface area contributed by atoms with Crippen molar-refractivity contribution in [2.24, 2.45) is 0 Å². The third-order valence-electron chi connectivity index (χ3n) is 6.20. The van der Waals surface area contributed by atoms with E-state index in [1.54, 1.807) is 20.5 Å². The van der Waals surface area contributed by atoms with Crippen molar-refractivity contribution in [3.63, 3.8) is 0 Å². The van der Waals surface area contributed by atoms with Crippen LogP contribution < -0.4 is 15.1 Å². The number of piperazine rings is 1. The van der Waals surface area contributed by atoms with Crippen molar-refractivity contribution in [2.75, 3.05) is 47.8 Å². The first-order chi connectivity index (χ1) is 16.7. The highest BCUT2D eigenvalue weighted by molar-refractivity contribution is 6.03. The van der Waals surface area contributed by atoms with Crippen molar-refractivity contribution in [2.45, 2.75) is 39.7 Å². The van der Waals surface area contributed by atoms with Gasteiger partial charge in [-0.1, -0.05) is 0 Å². The van der Waals surface area contributed by atoms with E-state index in [1.165, 1.54) is 0 Å². The van der Waals surface area contributed by atoms with E-state index in [-0.39, 0.29) is 12.1 Å². The number of carbonyl (C=O) groups is 2. The van der Waals surface area contributed by atoms with Crippen LogP contribution in [0.2, 0.25) is 0 Å². The van der Waals surface area contributed by atoms with Crippen LogP contribution in [0.3, 0.4) is 0 Å². The van der Waals surface area contributed by atoms with E-state index in [9.17, 15) is 9.59 Å². The molecule has 1 N–H and O–H groups in total. The summed E-state index contributed by atoms with van der Waals surface area (Å²) in [5.41, 5.74) is 4.19. The molecule has 2 aliphatic heterocycles. The summed E-state index contributed by atoms with van der Waals surface area (Å²) in [4.78, 5) is 35.8. The fourth-order valence-corrected chi connectivity index (χ4v) is 4.61.